The quantitative estimate of drug-likeness (QED) is 0.847. The van der Waals surface area contributed by atoms with Gasteiger partial charge in [0.1, 0.15) is 0 Å². The van der Waals surface area contributed by atoms with Gasteiger partial charge in [0.15, 0.2) is 5.82 Å². The Hall–Kier alpha value is -2.54. The van der Waals surface area contributed by atoms with Crippen molar-refractivity contribution in [3.05, 3.63) is 47.1 Å². The highest BCUT2D eigenvalue weighted by molar-refractivity contribution is 6.21. The number of carbonyl (C=O) groups is 2. The van der Waals surface area contributed by atoms with Crippen molar-refractivity contribution in [1.82, 2.24) is 20.4 Å². The molecule has 1 aromatic heterocycles. The molecular formula is C16H16N4O3. The number of hydrogen-bond donors (Lipinski definition) is 1. The fourth-order valence-corrected chi connectivity index (χ4v) is 3.05. The largest absolute Gasteiger partial charge is 0.339 e. The monoisotopic (exact) mass is 312 g/mol. The van der Waals surface area contributed by atoms with E-state index in [-0.39, 0.29) is 24.3 Å². The van der Waals surface area contributed by atoms with Crippen molar-refractivity contribution in [1.29, 1.82) is 0 Å². The van der Waals surface area contributed by atoms with Crippen molar-refractivity contribution >= 4 is 11.8 Å². The highest BCUT2D eigenvalue weighted by atomic mass is 16.5. The summed E-state index contributed by atoms with van der Waals surface area (Å²) in [5, 5.41) is 7.21. The second-order valence-corrected chi connectivity index (χ2v) is 5.80. The lowest BCUT2D eigenvalue weighted by Gasteiger charge is -2.11. The smallest absolute Gasteiger partial charge is 0.261 e. The Morgan fingerprint density at radius 1 is 1.22 bits per heavy atom. The van der Waals surface area contributed by atoms with Crippen molar-refractivity contribution in [2.75, 3.05) is 19.6 Å². The zero-order chi connectivity index (χ0) is 15.8. The lowest BCUT2D eigenvalue weighted by Crippen LogP contribution is -2.31. The van der Waals surface area contributed by atoms with Crippen molar-refractivity contribution in [3.8, 4) is 0 Å². The summed E-state index contributed by atoms with van der Waals surface area (Å²) >= 11 is 0. The van der Waals surface area contributed by atoms with Gasteiger partial charge in [0.05, 0.1) is 17.0 Å². The lowest BCUT2D eigenvalue weighted by atomic mass is 10.1. The zero-order valence-electron chi connectivity index (χ0n) is 12.5. The first kappa shape index (κ1) is 14.1. The number of rotatable bonds is 4. The number of aromatic nitrogens is 2. The number of fused-ring (bicyclic) bond motifs is 1. The lowest BCUT2D eigenvalue weighted by molar-refractivity contribution is 0.0655. The number of amides is 2. The Labute approximate surface area is 132 Å². The van der Waals surface area contributed by atoms with Crippen LogP contribution in [0.3, 0.4) is 0 Å². The predicted octanol–water partition coefficient (Wildman–Crippen LogP) is 0.985. The summed E-state index contributed by atoms with van der Waals surface area (Å²) in [6.07, 6.45) is 1.38. The van der Waals surface area contributed by atoms with Crippen LogP contribution in [0, 0.1) is 0 Å². The maximum Gasteiger partial charge on any atom is 0.261 e. The molecule has 2 aliphatic rings. The van der Waals surface area contributed by atoms with Gasteiger partial charge in [-0.1, -0.05) is 17.3 Å². The molecule has 3 heterocycles. The van der Waals surface area contributed by atoms with E-state index < -0.39 is 0 Å². The molecule has 23 heavy (non-hydrogen) atoms. The zero-order valence-corrected chi connectivity index (χ0v) is 12.5. The normalized spacial score (nSPS) is 20.3. The molecule has 0 radical (unpaired) electrons. The van der Waals surface area contributed by atoms with Crippen LogP contribution < -0.4 is 5.32 Å². The molecule has 0 spiro atoms. The van der Waals surface area contributed by atoms with Gasteiger partial charge in [0, 0.05) is 19.5 Å². The average Bonchev–Trinajstić information content (AvgIpc) is 3.29. The van der Waals surface area contributed by atoms with Gasteiger partial charge in [0.2, 0.25) is 5.89 Å². The molecule has 2 aliphatic heterocycles. The van der Waals surface area contributed by atoms with E-state index in [1.54, 1.807) is 24.3 Å². The molecule has 118 valence electrons. The third-order valence-electron chi connectivity index (χ3n) is 4.33. The highest BCUT2D eigenvalue weighted by Crippen LogP contribution is 2.23. The molecule has 1 fully saturated rings. The Kier molecular flexibility index (Phi) is 3.42. The molecule has 0 aliphatic carbocycles. The minimum atomic E-state index is -0.255. The van der Waals surface area contributed by atoms with E-state index >= 15 is 0 Å². The maximum absolute atomic E-state index is 12.3. The van der Waals surface area contributed by atoms with Crippen LogP contribution in [0.15, 0.2) is 28.8 Å². The van der Waals surface area contributed by atoms with Gasteiger partial charge in [-0.2, -0.15) is 4.98 Å². The van der Waals surface area contributed by atoms with Crippen LogP contribution in [0.1, 0.15) is 44.8 Å². The van der Waals surface area contributed by atoms with Crippen LogP contribution in [0.25, 0.3) is 0 Å². The van der Waals surface area contributed by atoms with Gasteiger partial charge in [-0.3, -0.25) is 14.5 Å². The van der Waals surface area contributed by atoms with Gasteiger partial charge in [-0.25, -0.2) is 0 Å². The minimum absolute atomic E-state index is 0.255. The van der Waals surface area contributed by atoms with Gasteiger partial charge in [-0.05, 0) is 25.1 Å². The molecule has 2 aromatic rings. The number of benzene rings is 1. The van der Waals surface area contributed by atoms with Gasteiger partial charge in [-0.15, -0.1) is 0 Å². The summed E-state index contributed by atoms with van der Waals surface area (Å²) in [7, 11) is 0. The molecule has 0 unspecified atom stereocenters. The molecule has 1 atom stereocenters. The maximum atomic E-state index is 12.3. The predicted molar refractivity (Wildman–Crippen MR) is 80.0 cm³/mol. The van der Waals surface area contributed by atoms with Crippen molar-refractivity contribution in [3.63, 3.8) is 0 Å². The molecule has 1 N–H and O–H groups in total. The van der Waals surface area contributed by atoms with E-state index in [2.05, 4.69) is 15.5 Å². The first-order chi connectivity index (χ1) is 11.2. The van der Waals surface area contributed by atoms with Crippen LogP contribution in [0.2, 0.25) is 0 Å². The Bertz CT molecular complexity index is 729. The first-order valence-electron chi connectivity index (χ1n) is 7.72. The van der Waals surface area contributed by atoms with Crippen molar-refractivity contribution < 1.29 is 14.1 Å². The summed E-state index contributed by atoms with van der Waals surface area (Å²) in [5.74, 6) is 0.912. The van der Waals surface area contributed by atoms with Crippen LogP contribution in [0.5, 0.6) is 0 Å². The Morgan fingerprint density at radius 3 is 2.61 bits per heavy atom. The Morgan fingerprint density at radius 2 is 1.96 bits per heavy atom. The third-order valence-corrected chi connectivity index (χ3v) is 4.33. The van der Waals surface area contributed by atoms with E-state index in [0.29, 0.717) is 29.3 Å². The molecule has 1 aromatic carbocycles. The standard InChI is InChI=1S/C16H16N4O3/c21-15-11-3-1-2-4-12(11)16(22)20(15)8-6-13-18-14(23-19-13)10-5-7-17-9-10/h1-4,10,17H,5-9H2/t10-/m0/s1. The van der Waals surface area contributed by atoms with E-state index in [1.165, 1.54) is 4.90 Å². The van der Waals surface area contributed by atoms with E-state index in [9.17, 15) is 9.59 Å². The molecule has 0 saturated carbocycles. The summed E-state index contributed by atoms with van der Waals surface area (Å²) in [5.41, 5.74) is 0.923. The van der Waals surface area contributed by atoms with Crippen molar-refractivity contribution in [2.45, 2.75) is 18.8 Å². The van der Waals surface area contributed by atoms with Gasteiger partial charge in [0.25, 0.3) is 11.8 Å². The summed E-state index contributed by atoms with van der Waals surface area (Å²) in [6, 6.07) is 6.87. The van der Waals surface area contributed by atoms with Crippen LogP contribution in [-0.4, -0.2) is 46.5 Å². The van der Waals surface area contributed by atoms with Crippen LogP contribution in [0.4, 0.5) is 0 Å². The molecule has 7 heteroatoms. The molecule has 7 nitrogen and oxygen atoms in total. The van der Waals surface area contributed by atoms with Crippen LogP contribution >= 0.6 is 0 Å². The molecule has 0 bridgehead atoms. The number of carbonyl (C=O) groups excluding carboxylic acids is 2. The second-order valence-electron chi connectivity index (χ2n) is 5.80. The summed E-state index contributed by atoms with van der Waals surface area (Å²) < 4.78 is 5.29. The average molecular weight is 312 g/mol. The first-order valence-corrected chi connectivity index (χ1v) is 7.72. The van der Waals surface area contributed by atoms with E-state index in [0.717, 1.165) is 19.5 Å². The SMILES string of the molecule is O=C1c2ccccc2C(=O)N1CCc1noc([C@H]2CCNC2)n1. The van der Waals surface area contributed by atoms with Gasteiger partial charge < -0.3 is 9.84 Å². The summed E-state index contributed by atoms with van der Waals surface area (Å²) in [4.78, 5) is 30.2. The Balaban J connectivity index is 1.44. The van der Waals surface area contributed by atoms with Crippen LogP contribution in [-0.2, 0) is 6.42 Å². The van der Waals surface area contributed by atoms with Crippen molar-refractivity contribution in [2.24, 2.45) is 0 Å². The number of imide groups is 1. The fourth-order valence-electron chi connectivity index (χ4n) is 3.05. The number of nitrogens with one attached hydrogen (secondary N) is 1. The third kappa shape index (κ3) is 2.43. The fraction of sp³-hybridized carbons (Fsp3) is 0.375. The molecular weight excluding hydrogens is 296 g/mol. The topological polar surface area (TPSA) is 88.3 Å². The second kappa shape index (κ2) is 5.58. The summed E-state index contributed by atoms with van der Waals surface area (Å²) in [6.45, 7) is 2.06. The highest BCUT2D eigenvalue weighted by Gasteiger charge is 2.35. The van der Waals surface area contributed by atoms with E-state index in [1.807, 2.05) is 0 Å². The number of hydrogen-bond acceptors (Lipinski definition) is 6. The molecule has 2 amide bonds. The molecule has 1 saturated heterocycles. The number of nitrogens with zero attached hydrogens (tertiary/aromatic N) is 3. The van der Waals surface area contributed by atoms with Gasteiger partial charge >= 0.3 is 0 Å². The molecule has 4 rings (SSSR count). The van der Waals surface area contributed by atoms with E-state index in [4.69, 9.17) is 4.52 Å². The minimum Gasteiger partial charge on any atom is -0.339 e.